The average molecular weight is 365 g/mol. The van der Waals surface area contributed by atoms with Crippen LogP contribution in [0.3, 0.4) is 0 Å². The van der Waals surface area contributed by atoms with Gasteiger partial charge in [0.2, 0.25) is 5.91 Å². The topological polar surface area (TPSA) is 79.5 Å². The average Bonchev–Trinajstić information content (AvgIpc) is 2.67. The van der Waals surface area contributed by atoms with Crippen molar-refractivity contribution in [2.24, 2.45) is 5.92 Å². The maximum absolute atomic E-state index is 13.0. The van der Waals surface area contributed by atoms with Crippen LogP contribution in [-0.4, -0.2) is 19.0 Å². The molecule has 27 heavy (non-hydrogen) atoms. The van der Waals surface area contributed by atoms with E-state index in [0.717, 1.165) is 12.0 Å². The summed E-state index contributed by atoms with van der Waals surface area (Å²) in [4.78, 5) is 25.0. The van der Waals surface area contributed by atoms with Crippen molar-refractivity contribution in [3.05, 3.63) is 71.9 Å². The minimum Gasteiger partial charge on any atom is -0.495 e. The second kappa shape index (κ2) is 7.95. The van der Waals surface area contributed by atoms with Crippen molar-refractivity contribution in [1.29, 1.82) is 0 Å². The van der Waals surface area contributed by atoms with E-state index in [1.165, 1.54) is 5.56 Å². The van der Waals surface area contributed by atoms with E-state index in [-0.39, 0.29) is 11.9 Å². The molecule has 1 aliphatic rings. The van der Waals surface area contributed by atoms with Gasteiger partial charge in [0.05, 0.1) is 18.8 Å². The van der Waals surface area contributed by atoms with Gasteiger partial charge in [0.25, 0.3) is 0 Å². The molecule has 3 rings (SSSR count). The molecule has 3 amide bonds. The number of nitrogens with one attached hydrogen (secondary N) is 3. The van der Waals surface area contributed by atoms with Gasteiger partial charge in [-0.25, -0.2) is 4.79 Å². The Morgan fingerprint density at radius 2 is 1.89 bits per heavy atom. The van der Waals surface area contributed by atoms with Crippen molar-refractivity contribution in [1.82, 2.24) is 10.6 Å². The fourth-order valence-corrected chi connectivity index (χ4v) is 3.19. The van der Waals surface area contributed by atoms with E-state index in [1.807, 2.05) is 36.4 Å². The summed E-state index contributed by atoms with van der Waals surface area (Å²) < 4.78 is 5.29. The van der Waals surface area contributed by atoms with E-state index >= 15 is 0 Å². The van der Waals surface area contributed by atoms with Crippen LogP contribution in [0.2, 0.25) is 0 Å². The van der Waals surface area contributed by atoms with Gasteiger partial charge < -0.3 is 20.7 Å². The molecule has 1 aliphatic heterocycles. The number of carbonyl (C=O) groups excluding carboxylic acids is 2. The summed E-state index contributed by atoms with van der Waals surface area (Å²) in [6, 6.07) is 14.2. The molecule has 140 valence electrons. The Hall–Kier alpha value is -3.28. The monoisotopic (exact) mass is 365 g/mol. The van der Waals surface area contributed by atoms with Gasteiger partial charge in [-0.2, -0.15) is 0 Å². The number of para-hydroxylation sites is 2. The number of methoxy groups -OCH3 is 1. The van der Waals surface area contributed by atoms with Crippen molar-refractivity contribution in [2.45, 2.75) is 19.4 Å². The lowest BCUT2D eigenvalue weighted by atomic mass is 9.87. The number of amides is 3. The highest BCUT2D eigenvalue weighted by molar-refractivity contribution is 5.98. The van der Waals surface area contributed by atoms with Crippen molar-refractivity contribution in [3.8, 4) is 5.75 Å². The van der Waals surface area contributed by atoms with Crippen LogP contribution in [0.1, 0.15) is 24.1 Å². The molecule has 0 bridgehead atoms. The Morgan fingerprint density at radius 1 is 1.19 bits per heavy atom. The summed E-state index contributed by atoms with van der Waals surface area (Å²) in [6.45, 7) is 5.97. The number of anilines is 1. The number of aryl methyl sites for hydroxylation is 1. The highest BCUT2D eigenvalue weighted by Gasteiger charge is 2.38. The van der Waals surface area contributed by atoms with Gasteiger partial charge in [0.1, 0.15) is 11.7 Å². The zero-order valence-electron chi connectivity index (χ0n) is 15.4. The van der Waals surface area contributed by atoms with E-state index in [9.17, 15) is 9.59 Å². The highest BCUT2D eigenvalue weighted by Crippen LogP contribution is 2.32. The minimum absolute atomic E-state index is 0.276. The lowest BCUT2D eigenvalue weighted by Crippen LogP contribution is -2.51. The summed E-state index contributed by atoms with van der Waals surface area (Å²) in [5, 5.41) is 8.34. The standard InChI is InChI=1S/C21H23N3O3/c1-4-14-9-11-15(12-10-14)19-18(13(2)22-21(26)24-19)20(25)23-16-7-5-6-8-17(16)27-3/h5-12,18-19H,2,4H2,1,3H3,(H,23,25)(H2,22,24,26)/t18-,19-/m0/s1. The van der Waals surface area contributed by atoms with E-state index in [4.69, 9.17) is 4.74 Å². The third-order valence-electron chi connectivity index (χ3n) is 4.66. The summed E-state index contributed by atoms with van der Waals surface area (Å²) in [7, 11) is 1.55. The number of rotatable bonds is 5. The summed E-state index contributed by atoms with van der Waals surface area (Å²) >= 11 is 0. The third-order valence-corrected chi connectivity index (χ3v) is 4.66. The first-order valence-electron chi connectivity index (χ1n) is 8.82. The molecule has 1 fully saturated rings. The molecule has 0 aromatic heterocycles. The molecule has 6 nitrogen and oxygen atoms in total. The van der Waals surface area contributed by atoms with Crippen LogP contribution in [-0.2, 0) is 11.2 Å². The molecule has 1 saturated heterocycles. The first kappa shape index (κ1) is 18.5. The van der Waals surface area contributed by atoms with Crippen molar-refractivity contribution >= 4 is 17.6 Å². The summed E-state index contributed by atoms with van der Waals surface area (Å²) in [6.07, 6.45) is 0.920. The number of ether oxygens (including phenoxy) is 1. The zero-order chi connectivity index (χ0) is 19.4. The molecule has 2 atom stereocenters. The lowest BCUT2D eigenvalue weighted by molar-refractivity contribution is -0.119. The molecule has 2 aromatic rings. The zero-order valence-corrected chi connectivity index (χ0v) is 15.4. The number of hydrogen-bond donors (Lipinski definition) is 3. The van der Waals surface area contributed by atoms with Gasteiger partial charge in [-0.05, 0) is 29.7 Å². The van der Waals surface area contributed by atoms with Crippen LogP contribution in [0.25, 0.3) is 0 Å². The normalized spacial score (nSPS) is 19.0. The molecule has 3 N–H and O–H groups in total. The predicted octanol–water partition coefficient (Wildman–Crippen LogP) is 3.38. The van der Waals surface area contributed by atoms with Gasteiger partial charge in [-0.15, -0.1) is 0 Å². The molecule has 0 unspecified atom stereocenters. The summed E-state index contributed by atoms with van der Waals surface area (Å²) in [5.41, 5.74) is 2.96. The van der Waals surface area contributed by atoms with Gasteiger partial charge in [0.15, 0.2) is 0 Å². The molecule has 0 radical (unpaired) electrons. The van der Waals surface area contributed by atoms with E-state index in [1.54, 1.807) is 19.2 Å². The third kappa shape index (κ3) is 3.95. The molecule has 0 spiro atoms. The first-order chi connectivity index (χ1) is 13.0. The largest absolute Gasteiger partial charge is 0.495 e. The van der Waals surface area contributed by atoms with Crippen LogP contribution in [0, 0.1) is 5.92 Å². The van der Waals surface area contributed by atoms with E-state index in [2.05, 4.69) is 29.5 Å². The SMILES string of the molecule is C=C1NC(=O)N[C@@H](c2ccc(CC)cc2)[C@H]1C(=O)Nc1ccccc1OC. The molecular weight excluding hydrogens is 342 g/mol. The summed E-state index contributed by atoms with van der Waals surface area (Å²) in [5.74, 6) is -0.380. The number of carbonyl (C=O) groups is 2. The Bertz CT molecular complexity index is 861. The molecule has 2 aromatic carbocycles. The maximum Gasteiger partial charge on any atom is 0.319 e. The van der Waals surface area contributed by atoms with Gasteiger partial charge in [-0.1, -0.05) is 49.9 Å². The Morgan fingerprint density at radius 3 is 2.56 bits per heavy atom. The Kier molecular flexibility index (Phi) is 5.45. The van der Waals surface area contributed by atoms with Gasteiger partial charge in [-0.3, -0.25) is 4.79 Å². The lowest BCUT2D eigenvalue weighted by Gasteiger charge is -2.34. The maximum atomic E-state index is 13.0. The molecule has 0 aliphatic carbocycles. The smallest absolute Gasteiger partial charge is 0.319 e. The number of urea groups is 1. The van der Waals surface area contributed by atoms with Crippen molar-refractivity contribution in [3.63, 3.8) is 0 Å². The Labute approximate surface area is 158 Å². The van der Waals surface area contributed by atoms with Gasteiger partial charge in [0, 0.05) is 5.70 Å². The molecule has 6 heteroatoms. The van der Waals surface area contributed by atoms with Gasteiger partial charge >= 0.3 is 6.03 Å². The fourth-order valence-electron chi connectivity index (χ4n) is 3.19. The number of hydrogen-bond acceptors (Lipinski definition) is 3. The van der Waals surface area contributed by atoms with Crippen LogP contribution in [0.4, 0.5) is 10.5 Å². The van der Waals surface area contributed by atoms with Crippen molar-refractivity contribution < 1.29 is 14.3 Å². The molecule has 0 saturated carbocycles. The van der Waals surface area contributed by atoms with E-state index < -0.39 is 12.0 Å². The minimum atomic E-state index is -0.667. The number of benzene rings is 2. The Balaban J connectivity index is 1.89. The first-order valence-corrected chi connectivity index (χ1v) is 8.82. The fraction of sp³-hybridized carbons (Fsp3) is 0.238. The second-order valence-electron chi connectivity index (χ2n) is 6.36. The van der Waals surface area contributed by atoms with Crippen LogP contribution in [0.5, 0.6) is 5.75 Å². The molecule has 1 heterocycles. The predicted molar refractivity (Wildman–Crippen MR) is 104 cm³/mol. The van der Waals surface area contributed by atoms with Crippen LogP contribution < -0.4 is 20.7 Å². The second-order valence-corrected chi connectivity index (χ2v) is 6.36. The van der Waals surface area contributed by atoms with E-state index in [0.29, 0.717) is 17.1 Å². The van der Waals surface area contributed by atoms with Crippen molar-refractivity contribution in [2.75, 3.05) is 12.4 Å². The highest BCUT2D eigenvalue weighted by atomic mass is 16.5. The quantitative estimate of drug-likeness (QED) is 0.760. The molecular formula is C21H23N3O3. The van der Waals surface area contributed by atoms with Crippen LogP contribution >= 0.6 is 0 Å². The van der Waals surface area contributed by atoms with Crippen LogP contribution in [0.15, 0.2) is 60.8 Å².